The Kier molecular flexibility index (Phi) is 3.34. The van der Waals surface area contributed by atoms with Crippen molar-refractivity contribution in [3.8, 4) is 0 Å². The van der Waals surface area contributed by atoms with E-state index in [0.717, 1.165) is 24.3 Å². The topological polar surface area (TPSA) is 29.3 Å². The number of benzene rings is 2. The summed E-state index contributed by atoms with van der Waals surface area (Å²) in [7, 11) is 0. The quantitative estimate of drug-likeness (QED) is 0.780. The summed E-state index contributed by atoms with van der Waals surface area (Å²) in [6.45, 7) is 1.00. The summed E-state index contributed by atoms with van der Waals surface area (Å²) >= 11 is 5.99. The molecule has 19 heavy (non-hydrogen) atoms. The maximum absolute atomic E-state index is 6.13. The Bertz CT molecular complexity index is 595. The molecule has 0 aliphatic carbocycles. The minimum absolute atomic E-state index is 0.685. The van der Waals surface area contributed by atoms with E-state index in [1.807, 2.05) is 18.2 Å². The minimum Gasteiger partial charge on any atom is -0.397 e. The van der Waals surface area contributed by atoms with E-state index in [9.17, 15) is 0 Å². The Labute approximate surface area is 118 Å². The van der Waals surface area contributed by atoms with Gasteiger partial charge in [0.2, 0.25) is 0 Å². The van der Waals surface area contributed by atoms with E-state index in [4.69, 9.17) is 17.3 Å². The number of rotatable bonds is 1. The van der Waals surface area contributed by atoms with Crippen molar-refractivity contribution in [3.63, 3.8) is 0 Å². The van der Waals surface area contributed by atoms with E-state index in [1.165, 1.54) is 24.1 Å². The molecule has 0 atom stereocenters. The van der Waals surface area contributed by atoms with Crippen LogP contribution in [0.5, 0.6) is 0 Å². The molecule has 3 heteroatoms. The molecule has 0 radical (unpaired) electrons. The molecule has 2 aromatic rings. The van der Waals surface area contributed by atoms with Crippen LogP contribution in [0.2, 0.25) is 5.02 Å². The molecule has 0 aromatic heterocycles. The number of hydrogen-bond acceptors (Lipinski definition) is 2. The predicted octanol–water partition coefficient (Wildman–Crippen LogP) is 4.40. The fourth-order valence-corrected chi connectivity index (χ4v) is 2.89. The molecule has 98 valence electrons. The summed E-state index contributed by atoms with van der Waals surface area (Å²) in [6.07, 6.45) is 3.54. The Morgan fingerprint density at radius 2 is 1.84 bits per heavy atom. The van der Waals surface area contributed by atoms with Crippen LogP contribution >= 0.6 is 11.6 Å². The van der Waals surface area contributed by atoms with Gasteiger partial charge in [0.15, 0.2) is 0 Å². The van der Waals surface area contributed by atoms with Crippen molar-refractivity contribution in [1.29, 1.82) is 0 Å². The lowest BCUT2D eigenvalue weighted by Gasteiger charge is -2.26. The maximum atomic E-state index is 6.13. The molecule has 2 aromatic carbocycles. The summed E-state index contributed by atoms with van der Waals surface area (Å²) < 4.78 is 0. The van der Waals surface area contributed by atoms with Crippen LogP contribution in [0.25, 0.3) is 0 Å². The molecule has 1 aliphatic heterocycles. The minimum atomic E-state index is 0.685. The lowest BCUT2D eigenvalue weighted by molar-refractivity contribution is 0.761. The van der Waals surface area contributed by atoms with Gasteiger partial charge in [-0.1, -0.05) is 29.8 Å². The number of nitrogens with two attached hydrogens (primary N) is 1. The van der Waals surface area contributed by atoms with Crippen molar-refractivity contribution in [2.24, 2.45) is 0 Å². The zero-order valence-electron chi connectivity index (χ0n) is 10.8. The molecule has 0 bridgehead atoms. The van der Waals surface area contributed by atoms with Gasteiger partial charge in [-0.15, -0.1) is 0 Å². The average molecular weight is 273 g/mol. The van der Waals surface area contributed by atoms with Crippen LogP contribution in [0.15, 0.2) is 42.5 Å². The van der Waals surface area contributed by atoms with Crippen molar-refractivity contribution < 1.29 is 0 Å². The SMILES string of the molecule is Nc1cc(Cl)ccc1N1CCCCc2ccccc21. The summed E-state index contributed by atoms with van der Waals surface area (Å²) in [5.74, 6) is 0. The highest BCUT2D eigenvalue weighted by molar-refractivity contribution is 6.31. The summed E-state index contributed by atoms with van der Waals surface area (Å²) in [6, 6.07) is 14.3. The van der Waals surface area contributed by atoms with Crippen LogP contribution in [0, 0.1) is 0 Å². The van der Waals surface area contributed by atoms with Gasteiger partial charge < -0.3 is 10.6 Å². The molecule has 2 N–H and O–H groups in total. The molecular weight excluding hydrogens is 256 g/mol. The smallest absolute Gasteiger partial charge is 0.0645 e. The summed E-state index contributed by atoms with van der Waals surface area (Å²) in [5, 5.41) is 0.685. The van der Waals surface area contributed by atoms with Crippen LogP contribution in [0.4, 0.5) is 17.1 Å². The summed E-state index contributed by atoms with van der Waals surface area (Å²) in [5.41, 5.74) is 10.6. The van der Waals surface area contributed by atoms with Crippen LogP contribution in [-0.2, 0) is 6.42 Å². The molecule has 0 saturated heterocycles. The van der Waals surface area contributed by atoms with Gasteiger partial charge in [-0.05, 0) is 49.1 Å². The van der Waals surface area contributed by atoms with Crippen molar-refractivity contribution in [2.75, 3.05) is 17.2 Å². The molecule has 0 saturated carbocycles. The molecule has 0 unspecified atom stereocenters. The monoisotopic (exact) mass is 272 g/mol. The average Bonchev–Trinajstić information content (AvgIpc) is 2.61. The van der Waals surface area contributed by atoms with Crippen molar-refractivity contribution >= 4 is 28.7 Å². The van der Waals surface area contributed by atoms with E-state index < -0.39 is 0 Å². The molecule has 1 aliphatic rings. The molecular formula is C16H17ClN2. The Balaban J connectivity index is 2.09. The van der Waals surface area contributed by atoms with Gasteiger partial charge in [0.1, 0.15) is 0 Å². The number of fused-ring (bicyclic) bond motifs is 1. The fraction of sp³-hybridized carbons (Fsp3) is 0.250. The van der Waals surface area contributed by atoms with Gasteiger partial charge >= 0.3 is 0 Å². The Morgan fingerprint density at radius 3 is 2.68 bits per heavy atom. The zero-order chi connectivity index (χ0) is 13.2. The third kappa shape index (κ3) is 2.41. The highest BCUT2D eigenvalue weighted by atomic mass is 35.5. The third-order valence-corrected chi connectivity index (χ3v) is 3.88. The van der Waals surface area contributed by atoms with E-state index in [2.05, 4.69) is 29.2 Å². The molecule has 0 spiro atoms. The third-order valence-electron chi connectivity index (χ3n) is 3.64. The Hall–Kier alpha value is -1.67. The number of anilines is 3. The molecule has 3 rings (SSSR count). The maximum Gasteiger partial charge on any atom is 0.0645 e. The second-order valence-electron chi connectivity index (χ2n) is 4.94. The normalized spacial score (nSPS) is 14.9. The number of halogens is 1. The largest absolute Gasteiger partial charge is 0.397 e. The first-order valence-electron chi connectivity index (χ1n) is 6.66. The first-order chi connectivity index (χ1) is 9.25. The van der Waals surface area contributed by atoms with Gasteiger partial charge in [-0.3, -0.25) is 0 Å². The standard InChI is InChI=1S/C16H17ClN2/c17-13-8-9-16(14(18)11-13)19-10-4-3-6-12-5-1-2-7-15(12)19/h1-2,5,7-9,11H,3-4,6,10,18H2. The lowest BCUT2D eigenvalue weighted by atomic mass is 10.1. The van der Waals surface area contributed by atoms with E-state index in [-0.39, 0.29) is 0 Å². The molecule has 0 amide bonds. The highest BCUT2D eigenvalue weighted by Crippen LogP contribution is 2.36. The van der Waals surface area contributed by atoms with Crippen LogP contribution in [-0.4, -0.2) is 6.54 Å². The number of nitrogen functional groups attached to an aromatic ring is 1. The van der Waals surface area contributed by atoms with E-state index >= 15 is 0 Å². The second kappa shape index (κ2) is 5.14. The molecule has 0 fully saturated rings. The Morgan fingerprint density at radius 1 is 1.00 bits per heavy atom. The lowest BCUT2D eigenvalue weighted by Crippen LogP contribution is -2.19. The van der Waals surface area contributed by atoms with Gasteiger partial charge in [0.05, 0.1) is 11.4 Å². The van der Waals surface area contributed by atoms with Crippen molar-refractivity contribution in [1.82, 2.24) is 0 Å². The number of nitrogens with zero attached hydrogens (tertiary/aromatic N) is 1. The van der Waals surface area contributed by atoms with Gasteiger partial charge in [-0.2, -0.15) is 0 Å². The van der Waals surface area contributed by atoms with Crippen LogP contribution in [0.1, 0.15) is 18.4 Å². The first kappa shape index (κ1) is 12.4. The van der Waals surface area contributed by atoms with Crippen molar-refractivity contribution in [2.45, 2.75) is 19.3 Å². The fourth-order valence-electron chi connectivity index (χ4n) is 2.71. The number of hydrogen-bond donors (Lipinski definition) is 1. The van der Waals surface area contributed by atoms with Crippen LogP contribution in [0.3, 0.4) is 0 Å². The van der Waals surface area contributed by atoms with E-state index in [1.54, 1.807) is 0 Å². The number of aryl methyl sites for hydroxylation is 1. The molecule has 2 nitrogen and oxygen atoms in total. The van der Waals surface area contributed by atoms with Gasteiger partial charge in [0, 0.05) is 17.3 Å². The number of para-hydroxylation sites is 1. The first-order valence-corrected chi connectivity index (χ1v) is 7.04. The molecule has 1 heterocycles. The predicted molar refractivity (Wildman–Crippen MR) is 82.3 cm³/mol. The van der Waals surface area contributed by atoms with Crippen molar-refractivity contribution in [3.05, 3.63) is 53.1 Å². The van der Waals surface area contributed by atoms with E-state index in [0.29, 0.717) is 5.02 Å². The van der Waals surface area contributed by atoms with Gasteiger partial charge in [-0.25, -0.2) is 0 Å². The highest BCUT2D eigenvalue weighted by Gasteiger charge is 2.18. The van der Waals surface area contributed by atoms with Crippen LogP contribution < -0.4 is 10.6 Å². The second-order valence-corrected chi connectivity index (χ2v) is 5.38. The zero-order valence-corrected chi connectivity index (χ0v) is 11.5. The summed E-state index contributed by atoms with van der Waals surface area (Å²) in [4.78, 5) is 2.31. The van der Waals surface area contributed by atoms with Gasteiger partial charge in [0.25, 0.3) is 0 Å².